The summed E-state index contributed by atoms with van der Waals surface area (Å²) in [6.07, 6.45) is 0. The molecule has 0 spiro atoms. The summed E-state index contributed by atoms with van der Waals surface area (Å²) in [6, 6.07) is 12.1. The molecule has 0 atom stereocenters. The lowest BCUT2D eigenvalue weighted by Gasteiger charge is -2.05. The number of hydrogen-bond acceptors (Lipinski definition) is 7. The smallest absolute Gasteiger partial charge is 0.237 e. The van der Waals surface area contributed by atoms with Crippen LogP contribution in [0, 0.1) is 6.92 Å². The largest absolute Gasteiger partial charge is 0.338 e. The van der Waals surface area contributed by atoms with Crippen LogP contribution in [-0.4, -0.2) is 24.9 Å². The number of thiophene rings is 1. The van der Waals surface area contributed by atoms with Gasteiger partial charge >= 0.3 is 0 Å². The number of aromatic nitrogens is 5. The van der Waals surface area contributed by atoms with Crippen molar-refractivity contribution < 1.29 is 4.52 Å². The van der Waals surface area contributed by atoms with Gasteiger partial charge in [0.05, 0.1) is 10.6 Å². The third-order valence-corrected chi connectivity index (χ3v) is 5.63. The first-order chi connectivity index (χ1) is 12.2. The fourth-order valence-electron chi connectivity index (χ4n) is 2.44. The Morgan fingerprint density at radius 1 is 1.16 bits per heavy atom. The predicted molar refractivity (Wildman–Crippen MR) is 98.3 cm³/mol. The Morgan fingerprint density at radius 2 is 2.04 bits per heavy atom. The van der Waals surface area contributed by atoms with E-state index in [1.165, 1.54) is 17.3 Å². The molecule has 0 bridgehead atoms. The van der Waals surface area contributed by atoms with E-state index < -0.39 is 0 Å². The zero-order chi connectivity index (χ0) is 17.2. The van der Waals surface area contributed by atoms with E-state index >= 15 is 0 Å². The van der Waals surface area contributed by atoms with Gasteiger partial charge in [0.1, 0.15) is 0 Å². The summed E-state index contributed by atoms with van der Waals surface area (Å²) in [7, 11) is 1.97. The molecule has 3 aromatic heterocycles. The maximum absolute atomic E-state index is 5.33. The monoisotopic (exact) mass is 369 g/mol. The van der Waals surface area contributed by atoms with Crippen molar-refractivity contribution in [1.82, 2.24) is 24.9 Å². The lowest BCUT2D eigenvalue weighted by atomic mass is 10.1. The van der Waals surface area contributed by atoms with E-state index in [9.17, 15) is 0 Å². The first kappa shape index (κ1) is 16.0. The van der Waals surface area contributed by atoms with Crippen LogP contribution in [0.1, 0.15) is 11.5 Å². The summed E-state index contributed by atoms with van der Waals surface area (Å²) >= 11 is 3.12. The van der Waals surface area contributed by atoms with Gasteiger partial charge in [0.15, 0.2) is 11.0 Å². The minimum atomic E-state index is 0.554. The first-order valence-corrected chi connectivity index (χ1v) is 9.53. The summed E-state index contributed by atoms with van der Waals surface area (Å²) in [4.78, 5) is 5.43. The standard InChI is InChI=1S/C17H15N5OS2/c1-11-6-3-4-7-12(11)16-19-20-17(22(16)2)25-10-14-18-15(21-23-14)13-8-5-9-24-13/h3-9H,10H2,1-2H3. The summed E-state index contributed by atoms with van der Waals surface area (Å²) in [6.45, 7) is 2.07. The number of benzene rings is 1. The van der Waals surface area contributed by atoms with Crippen LogP contribution in [0.25, 0.3) is 22.1 Å². The molecule has 6 nitrogen and oxygen atoms in total. The normalized spacial score (nSPS) is 11.1. The van der Waals surface area contributed by atoms with Crippen molar-refractivity contribution in [2.24, 2.45) is 7.05 Å². The van der Waals surface area contributed by atoms with E-state index in [1.54, 1.807) is 11.3 Å². The second-order valence-corrected chi connectivity index (χ2v) is 7.35. The van der Waals surface area contributed by atoms with Gasteiger partial charge in [0, 0.05) is 12.6 Å². The third kappa shape index (κ3) is 3.22. The van der Waals surface area contributed by atoms with E-state index in [0.29, 0.717) is 17.5 Å². The molecule has 8 heteroatoms. The van der Waals surface area contributed by atoms with Crippen molar-refractivity contribution in [3.05, 3.63) is 53.2 Å². The van der Waals surface area contributed by atoms with Crippen molar-refractivity contribution in [2.75, 3.05) is 0 Å². The predicted octanol–water partition coefficient (Wildman–Crippen LogP) is 4.19. The zero-order valence-corrected chi connectivity index (χ0v) is 15.3. The Bertz CT molecular complexity index is 990. The maximum Gasteiger partial charge on any atom is 0.237 e. The fraction of sp³-hybridized carbons (Fsp3) is 0.176. The molecule has 0 saturated heterocycles. The minimum absolute atomic E-state index is 0.554. The Kier molecular flexibility index (Phi) is 4.37. The summed E-state index contributed by atoms with van der Waals surface area (Å²) in [5.74, 6) is 2.61. The number of thioether (sulfide) groups is 1. The van der Waals surface area contributed by atoms with E-state index in [4.69, 9.17) is 4.52 Å². The summed E-state index contributed by atoms with van der Waals surface area (Å²) < 4.78 is 7.32. The van der Waals surface area contributed by atoms with Gasteiger partial charge < -0.3 is 9.09 Å². The molecule has 0 fully saturated rings. The molecular weight excluding hydrogens is 354 g/mol. The number of aryl methyl sites for hydroxylation is 1. The third-order valence-electron chi connectivity index (χ3n) is 3.76. The quantitative estimate of drug-likeness (QED) is 0.491. The SMILES string of the molecule is Cc1ccccc1-c1nnc(SCc2nc(-c3cccs3)no2)n1C. The molecule has 0 saturated carbocycles. The molecule has 126 valence electrons. The molecule has 0 aliphatic rings. The minimum Gasteiger partial charge on any atom is -0.338 e. The van der Waals surface area contributed by atoms with Crippen LogP contribution in [0.15, 0.2) is 51.5 Å². The number of rotatable bonds is 5. The highest BCUT2D eigenvalue weighted by molar-refractivity contribution is 7.98. The highest BCUT2D eigenvalue weighted by Crippen LogP contribution is 2.27. The van der Waals surface area contributed by atoms with Crippen molar-refractivity contribution in [2.45, 2.75) is 17.8 Å². The Hall–Kier alpha value is -2.45. The fourth-order valence-corrected chi connectivity index (χ4v) is 3.84. The van der Waals surface area contributed by atoms with Gasteiger partial charge in [-0.2, -0.15) is 4.98 Å². The Morgan fingerprint density at radius 3 is 2.84 bits per heavy atom. The second kappa shape index (κ2) is 6.81. The van der Waals surface area contributed by atoms with Crippen LogP contribution >= 0.6 is 23.1 Å². The van der Waals surface area contributed by atoms with Gasteiger partial charge in [0.2, 0.25) is 11.7 Å². The molecule has 0 aliphatic carbocycles. The van der Waals surface area contributed by atoms with Gasteiger partial charge in [-0.3, -0.25) is 0 Å². The van der Waals surface area contributed by atoms with Gasteiger partial charge in [-0.05, 0) is 23.9 Å². The summed E-state index contributed by atoms with van der Waals surface area (Å²) in [5.41, 5.74) is 2.26. The molecule has 1 aromatic carbocycles. The van der Waals surface area contributed by atoms with Gasteiger partial charge in [-0.15, -0.1) is 21.5 Å². The molecule has 0 aliphatic heterocycles. The van der Waals surface area contributed by atoms with Crippen molar-refractivity contribution in [1.29, 1.82) is 0 Å². The highest BCUT2D eigenvalue weighted by Gasteiger charge is 2.15. The molecule has 0 N–H and O–H groups in total. The van der Waals surface area contributed by atoms with Gasteiger partial charge in [0.25, 0.3) is 0 Å². The molecule has 0 amide bonds. The number of nitrogens with zero attached hydrogens (tertiary/aromatic N) is 5. The van der Waals surface area contributed by atoms with E-state index in [2.05, 4.69) is 39.4 Å². The highest BCUT2D eigenvalue weighted by atomic mass is 32.2. The average Bonchev–Trinajstić information content (AvgIpc) is 3.35. The molecule has 0 radical (unpaired) electrons. The molecule has 3 heterocycles. The van der Waals surface area contributed by atoms with Crippen LogP contribution in [0.3, 0.4) is 0 Å². The average molecular weight is 369 g/mol. The van der Waals surface area contributed by atoms with Crippen molar-refractivity contribution in [3.63, 3.8) is 0 Å². The molecule has 4 rings (SSSR count). The van der Waals surface area contributed by atoms with E-state index in [1.807, 2.05) is 41.3 Å². The van der Waals surface area contributed by atoms with Gasteiger partial charge in [-0.1, -0.05) is 47.3 Å². The molecule has 25 heavy (non-hydrogen) atoms. The Balaban J connectivity index is 1.50. The van der Waals surface area contributed by atoms with Crippen molar-refractivity contribution >= 4 is 23.1 Å². The van der Waals surface area contributed by atoms with E-state index in [-0.39, 0.29) is 0 Å². The summed E-state index contributed by atoms with van der Waals surface area (Å²) in [5, 5.41) is 15.5. The molecule has 4 aromatic rings. The van der Waals surface area contributed by atoms with Gasteiger partial charge in [-0.25, -0.2) is 0 Å². The molecule has 0 unspecified atom stereocenters. The van der Waals surface area contributed by atoms with Crippen LogP contribution < -0.4 is 0 Å². The second-order valence-electron chi connectivity index (χ2n) is 5.46. The zero-order valence-electron chi connectivity index (χ0n) is 13.7. The van der Waals surface area contributed by atoms with Crippen molar-refractivity contribution in [3.8, 4) is 22.1 Å². The van der Waals surface area contributed by atoms with Crippen LogP contribution in [0.4, 0.5) is 0 Å². The van der Waals surface area contributed by atoms with Crippen LogP contribution in [-0.2, 0) is 12.8 Å². The van der Waals surface area contributed by atoms with Crippen LogP contribution in [0.2, 0.25) is 0 Å². The lowest BCUT2D eigenvalue weighted by Crippen LogP contribution is -1.96. The number of hydrogen-bond donors (Lipinski definition) is 0. The maximum atomic E-state index is 5.33. The first-order valence-electron chi connectivity index (χ1n) is 7.67. The van der Waals surface area contributed by atoms with E-state index in [0.717, 1.165) is 21.4 Å². The van der Waals surface area contributed by atoms with Crippen LogP contribution in [0.5, 0.6) is 0 Å². The topological polar surface area (TPSA) is 69.6 Å². The lowest BCUT2D eigenvalue weighted by molar-refractivity contribution is 0.391. The Labute approximate surface area is 152 Å². The molecular formula is C17H15N5OS2.